The van der Waals surface area contributed by atoms with E-state index in [0.29, 0.717) is 26.2 Å². The highest BCUT2D eigenvalue weighted by Crippen LogP contribution is 2.31. The second kappa shape index (κ2) is 10.8. The minimum absolute atomic E-state index is 0.0420. The molecule has 1 atom stereocenters. The number of halogens is 1. The molecule has 160 valence electrons. The molecule has 0 fully saturated rings. The van der Waals surface area contributed by atoms with Crippen LogP contribution in [-0.4, -0.2) is 43.4 Å². The number of hydrogen-bond donors (Lipinski definition) is 3. The number of nitrogens with zero attached hydrogens (tertiary/aromatic N) is 1. The Morgan fingerprint density at radius 2 is 1.80 bits per heavy atom. The van der Waals surface area contributed by atoms with Gasteiger partial charge in [0.25, 0.3) is 11.8 Å². The minimum atomic E-state index is -0.772. The molecule has 0 aliphatic carbocycles. The van der Waals surface area contributed by atoms with Crippen LogP contribution in [0, 0.1) is 9.49 Å². The third-order valence-electron chi connectivity index (χ3n) is 4.25. The summed E-state index contributed by atoms with van der Waals surface area (Å²) in [6.45, 7) is 3.66. The Morgan fingerprint density at radius 1 is 1.13 bits per heavy atom. The van der Waals surface area contributed by atoms with E-state index in [0.717, 1.165) is 0 Å². The first-order chi connectivity index (χ1) is 14.3. The number of methoxy groups -OCH3 is 2. The lowest BCUT2D eigenvalue weighted by Crippen LogP contribution is -2.48. The summed E-state index contributed by atoms with van der Waals surface area (Å²) in [6.07, 6.45) is 1.44. The summed E-state index contributed by atoms with van der Waals surface area (Å²) < 4.78 is 10.8. The number of ether oxygens (including phenoxy) is 2. The molecule has 0 heterocycles. The minimum Gasteiger partial charge on any atom is -0.504 e. The second-order valence-electron chi connectivity index (χ2n) is 6.71. The van der Waals surface area contributed by atoms with Crippen LogP contribution >= 0.6 is 22.6 Å². The van der Waals surface area contributed by atoms with Crippen molar-refractivity contribution in [3.05, 3.63) is 51.1 Å². The predicted molar refractivity (Wildman–Crippen MR) is 122 cm³/mol. The normalized spacial score (nSPS) is 11.9. The first kappa shape index (κ1) is 23.5. The third-order valence-corrected chi connectivity index (χ3v) is 5.07. The molecule has 8 nitrogen and oxygen atoms in total. The Labute approximate surface area is 188 Å². The van der Waals surface area contributed by atoms with E-state index in [2.05, 4.69) is 15.8 Å². The molecule has 1 unspecified atom stereocenters. The van der Waals surface area contributed by atoms with E-state index in [9.17, 15) is 14.7 Å². The summed E-state index contributed by atoms with van der Waals surface area (Å²) in [5.74, 6) is 0.0235. The van der Waals surface area contributed by atoms with Crippen LogP contribution in [0.2, 0.25) is 0 Å². The number of benzene rings is 2. The van der Waals surface area contributed by atoms with Gasteiger partial charge in [0, 0.05) is 5.56 Å². The van der Waals surface area contributed by atoms with Crippen LogP contribution in [0.4, 0.5) is 0 Å². The molecule has 2 aromatic carbocycles. The van der Waals surface area contributed by atoms with Gasteiger partial charge >= 0.3 is 0 Å². The van der Waals surface area contributed by atoms with Gasteiger partial charge in [-0.25, -0.2) is 5.43 Å². The SMILES string of the molecule is COc1ccc(C(=O)NC(C(=O)NN=Cc2cc(I)c(O)c(OC)c2)C(C)C)cc1. The summed E-state index contributed by atoms with van der Waals surface area (Å²) in [5, 5.41) is 16.6. The van der Waals surface area contributed by atoms with E-state index in [4.69, 9.17) is 9.47 Å². The molecule has 30 heavy (non-hydrogen) atoms. The molecule has 0 aliphatic heterocycles. The molecule has 0 saturated heterocycles. The lowest BCUT2D eigenvalue weighted by molar-refractivity contribution is -0.123. The zero-order valence-electron chi connectivity index (χ0n) is 17.1. The largest absolute Gasteiger partial charge is 0.504 e. The van der Waals surface area contributed by atoms with Gasteiger partial charge < -0.3 is 19.9 Å². The highest BCUT2D eigenvalue weighted by atomic mass is 127. The van der Waals surface area contributed by atoms with E-state index < -0.39 is 11.9 Å². The van der Waals surface area contributed by atoms with Crippen molar-refractivity contribution in [2.24, 2.45) is 11.0 Å². The Hall–Kier alpha value is -2.82. The number of phenolic OH excluding ortho intramolecular Hbond substituents is 1. The summed E-state index contributed by atoms with van der Waals surface area (Å²) in [6, 6.07) is 9.13. The Morgan fingerprint density at radius 3 is 2.37 bits per heavy atom. The van der Waals surface area contributed by atoms with Crippen molar-refractivity contribution in [1.82, 2.24) is 10.7 Å². The molecular formula is C21H24IN3O5. The van der Waals surface area contributed by atoms with Crippen molar-refractivity contribution < 1.29 is 24.2 Å². The van der Waals surface area contributed by atoms with Gasteiger partial charge in [-0.15, -0.1) is 0 Å². The highest BCUT2D eigenvalue weighted by Gasteiger charge is 2.24. The van der Waals surface area contributed by atoms with E-state index >= 15 is 0 Å². The van der Waals surface area contributed by atoms with Crippen LogP contribution in [0.3, 0.4) is 0 Å². The molecule has 0 bridgehead atoms. The number of aromatic hydroxyl groups is 1. The second-order valence-corrected chi connectivity index (χ2v) is 7.87. The number of rotatable bonds is 8. The standard InChI is InChI=1S/C21H24IN3O5/c1-12(2)18(24-20(27)14-5-7-15(29-3)8-6-14)21(28)25-23-11-13-9-16(22)19(26)17(10-13)30-4/h5-12,18,26H,1-4H3,(H,24,27)(H,25,28). The van der Waals surface area contributed by atoms with Crippen molar-refractivity contribution in [3.8, 4) is 17.2 Å². The van der Waals surface area contributed by atoms with E-state index in [1.807, 2.05) is 36.4 Å². The number of carbonyl (C=O) groups excluding carboxylic acids is 2. The van der Waals surface area contributed by atoms with E-state index in [1.54, 1.807) is 43.5 Å². The van der Waals surface area contributed by atoms with Gasteiger partial charge in [-0.05, 0) is 70.5 Å². The first-order valence-corrected chi connectivity index (χ1v) is 10.2. The van der Waals surface area contributed by atoms with Crippen molar-refractivity contribution >= 4 is 40.6 Å². The maximum Gasteiger partial charge on any atom is 0.262 e. The average molecular weight is 525 g/mol. The molecule has 0 radical (unpaired) electrons. The van der Waals surface area contributed by atoms with Gasteiger partial charge in [0.15, 0.2) is 11.5 Å². The number of nitrogens with one attached hydrogen (secondary N) is 2. The van der Waals surface area contributed by atoms with Crippen LogP contribution < -0.4 is 20.2 Å². The monoisotopic (exact) mass is 525 g/mol. The lowest BCUT2D eigenvalue weighted by Gasteiger charge is -2.20. The number of hydrogen-bond acceptors (Lipinski definition) is 6. The molecule has 2 rings (SSSR count). The zero-order chi connectivity index (χ0) is 22.3. The molecule has 9 heteroatoms. The van der Waals surface area contributed by atoms with Gasteiger partial charge in [-0.2, -0.15) is 5.10 Å². The van der Waals surface area contributed by atoms with Gasteiger partial charge in [0.05, 0.1) is 24.0 Å². The van der Waals surface area contributed by atoms with E-state index in [1.165, 1.54) is 13.3 Å². The quantitative estimate of drug-likeness (QED) is 0.279. The van der Waals surface area contributed by atoms with Crippen LogP contribution in [0.25, 0.3) is 0 Å². The maximum absolute atomic E-state index is 12.6. The van der Waals surface area contributed by atoms with E-state index in [-0.39, 0.29) is 17.6 Å². The fourth-order valence-electron chi connectivity index (χ4n) is 2.57. The third kappa shape index (κ3) is 6.09. The molecular weight excluding hydrogens is 501 g/mol. The topological polar surface area (TPSA) is 109 Å². The zero-order valence-corrected chi connectivity index (χ0v) is 19.3. The number of carbonyl (C=O) groups is 2. The Bertz CT molecular complexity index is 929. The number of amides is 2. The molecule has 0 spiro atoms. The number of hydrazone groups is 1. The van der Waals surface area contributed by atoms with Gasteiger partial charge in [0.1, 0.15) is 11.8 Å². The van der Waals surface area contributed by atoms with Crippen molar-refractivity contribution in [3.63, 3.8) is 0 Å². The molecule has 2 amide bonds. The summed E-state index contributed by atoms with van der Waals surface area (Å²) in [4.78, 5) is 25.1. The smallest absolute Gasteiger partial charge is 0.262 e. The van der Waals surface area contributed by atoms with Crippen LogP contribution in [0.15, 0.2) is 41.5 Å². The van der Waals surface area contributed by atoms with Crippen molar-refractivity contribution in [1.29, 1.82) is 0 Å². The summed E-state index contributed by atoms with van der Waals surface area (Å²) in [5.41, 5.74) is 3.51. The Kier molecular flexibility index (Phi) is 8.46. The maximum atomic E-state index is 12.6. The summed E-state index contributed by atoms with van der Waals surface area (Å²) >= 11 is 1.97. The fraction of sp³-hybridized carbons (Fsp3) is 0.286. The van der Waals surface area contributed by atoms with Gasteiger partial charge in [0.2, 0.25) is 0 Å². The van der Waals surface area contributed by atoms with Crippen LogP contribution in [0.1, 0.15) is 29.8 Å². The first-order valence-electron chi connectivity index (χ1n) is 9.11. The molecule has 0 saturated carbocycles. The molecule has 2 aromatic rings. The molecule has 3 N–H and O–H groups in total. The number of phenols is 1. The highest BCUT2D eigenvalue weighted by molar-refractivity contribution is 14.1. The fourth-order valence-corrected chi connectivity index (χ4v) is 3.19. The lowest BCUT2D eigenvalue weighted by atomic mass is 10.0. The van der Waals surface area contributed by atoms with Gasteiger partial charge in [-0.1, -0.05) is 13.8 Å². The van der Waals surface area contributed by atoms with Crippen LogP contribution in [0.5, 0.6) is 17.2 Å². The molecule has 0 aromatic heterocycles. The molecule has 0 aliphatic rings. The van der Waals surface area contributed by atoms with Crippen molar-refractivity contribution in [2.75, 3.05) is 14.2 Å². The predicted octanol–water partition coefficient (Wildman–Crippen LogP) is 2.92. The van der Waals surface area contributed by atoms with Gasteiger partial charge in [-0.3, -0.25) is 9.59 Å². The van der Waals surface area contributed by atoms with Crippen molar-refractivity contribution in [2.45, 2.75) is 19.9 Å². The average Bonchev–Trinajstić information content (AvgIpc) is 2.73. The van der Waals surface area contributed by atoms with Crippen LogP contribution in [-0.2, 0) is 4.79 Å². The Balaban J connectivity index is 2.05. The summed E-state index contributed by atoms with van der Waals surface area (Å²) in [7, 11) is 3.00.